The van der Waals surface area contributed by atoms with Crippen molar-refractivity contribution < 1.29 is 5.21 Å². The topological polar surface area (TPSA) is 89.3 Å². The maximum Gasteiger partial charge on any atom is 0.190 e. The number of nitrogens with zero attached hydrogens (tertiary/aromatic N) is 4. The average molecular weight is 203 g/mol. The maximum atomic E-state index is 8.60. The Morgan fingerprint density at radius 2 is 2.27 bits per heavy atom. The second kappa shape index (κ2) is 3.79. The van der Waals surface area contributed by atoms with Crippen LogP contribution < -0.4 is 5.73 Å². The lowest BCUT2D eigenvalue weighted by atomic mass is 10.3. The van der Waals surface area contributed by atoms with Crippen LogP contribution in [0.1, 0.15) is 5.69 Å². The molecule has 0 aliphatic carbocycles. The molecule has 0 saturated carbocycles. The Labute approximate surface area is 85.7 Å². The molecule has 0 atom stereocenters. The molecule has 0 unspecified atom stereocenters. The van der Waals surface area contributed by atoms with Crippen LogP contribution in [-0.2, 0) is 0 Å². The summed E-state index contributed by atoms with van der Waals surface area (Å²) in [6.07, 6.45) is 4.97. The number of aromatic nitrogens is 3. The van der Waals surface area contributed by atoms with Crippen LogP contribution in [0.2, 0.25) is 0 Å². The van der Waals surface area contributed by atoms with Crippen LogP contribution in [0.3, 0.4) is 0 Å². The van der Waals surface area contributed by atoms with Crippen LogP contribution in [0.25, 0.3) is 5.69 Å². The molecule has 0 bridgehead atoms. The van der Waals surface area contributed by atoms with Gasteiger partial charge in [-0.05, 0) is 18.2 Å². The third-order valence-corrected chi connectivity index (χ3v) is 1.89. The summed E-state index contributed by atoms with van der Waals surface area (Å²) < 4.78 is 1.60. The first-order valence-corrected chi connectivity index (χ1v) is 4.26. The number of hydrogen-bond acceptors (Lipinski definition) is 4. The molecule has 2 aromatic rings. The molecule has 0 spiro atoms. The first-order chi connectivity index (χ1) is 7.33. The summed E-state index contributed by atoms with van der Waals surface area (Å²) in [5.74, 6) is -0.0406. The van der Waals surface area contributed by atoms with Gasteiger partial charge in [0, 0.05) is 18.6 Å². The summed E-state index contributed by atoms with van der Waals surface area (Å²) in [5.41, 5.74) is 6.55. The largest absolute Gasteiger partial charge is 0.409 e. The van der Waals surface area contributed by atoms with E-state index in [0.717, 1.165) is 0 Å². The third-order valence-electron chi connectivity index (χ3n) is 1.89. The van der Waals surface area contributed by atoms with Crippen molar-refractivity contribution in [3.8, 4) is 5.69 Å². The Morgan fingerprint density at radius 3 is 2.93 bits per heavy atom. The van der Waals surface area contributed by atoms with Crippen molar-refractivity contribution in [2.45, 2.75) is 0 Å². The quantitative estimate of drug-likeness (QED) is 0.319. The van der Waals surface area contributed by atoms with E-state index >= 15 is 0 Å². The van der Waals surface area contributed by atoms with Crippen molar-refractivity contribution in [1.82, 2.24) is 14.8 Å². The molecule has 0 aliphatic rings. The lowest BCUT2D eigenvalue weighted by molar-refractivity contribution is 0.318. The van der Waals surface area contributed by atoms with E-state index < -0.39 is 0 Å². The van der Waals surface area contributed by atoms with E-state index in [4.69, 9.17) is 10.9 Å². The molecule has 2 aromatic heterocycles. The van der Waals surface area contributed by atoms with Gasteiger partial charge in [-0.3, -0.25) is 4.98 Å². The minimum Gasteiger partial charge on any atom is -0.409 e. The highest BCUT2D eigenvalue weighted by Gasteiger charge is 2.09. The van der Waals surface area contributed by atoms with E-state index in [-0.39, 0.29) is 5.84 Å². The van der Waals surface area contributed by atoms with Gasteiger partial charge >= 0.3 is 0 Å². The van der Waals surface area contributed by atoms with E-state index in [1.165, 1.54) is 0 Å². The number of amidine groups is 1. The third kappa shape index (κ3) is 1.64. The first kappa shape index (κ1) is 9.20. The first-order valence-electron chi connectivity index (χ1n) is 4.26. The average Bonchev–Trinajstić information content (AvgIpc) is 2.81. The SMILES string of the molecule is N/C(=N/O)c1ncccc1-n1cccn1. The molecular weight excluding hydrogens is 194 g/mol. The number of hydrogen-bond donors (Lipinski definition) is 2. The zero-order valence-electron chi connectivity index (χ0n) is 7.78. The fourth-order valence-electron chi connectivity index (χ4n) is 1.24. The van der Waals surface area contributed by atoms with Crippen LogP contribution in [0, 0.1) is 0 Å². The predicted octanol–water partition coefficient (Wildman–Crippen LogP) is 0.362. The van der Waals surface area contributed by atoms with Crippen LogP contribution in [0.15, 0.2) is 41.9 Å². The molecule has 2 heterocycles. The Kier molecular flexibility index (Phi) is 2.32. The number of nitrogens with two attached hydrogens (primary N) is 1. The molecule has 0 fully saturated rings. The molecule has 6 heteroatoms. The molecule has 3 N–H and O–H groups in total. The van der Waals surface area contributed by atoms with Gasteiger partial charge in [0.15, 0.2) is 5.84 Å². The van der Waals surface area contributed by atoms with Crippen LogP contribution >= 0.6 is 0 Å². The summed E-state index contributed by atoms with van der Waals surface area (Å²) in [4.78, 5) is 4.03. The van der Waals surface area contributed by atoms with Gasteiger partial charge in [0.25, 0.3) is 0 Å². The van der Waals surface area contributed by atoms with Gasteiger partial charge < -0.3 is 10.9 Å². The molecule has 15 heavy (non-hydrogen) atoms. The van der Waals surface area contributed by atoms with Gasteiger partial charge in [-0.2, -0.15) is 5.10 Å². The predicted molar refractivity (Wildman–Crippen MR) is 53.9 cm³/mol. The van der Waals surface area contributed by atoms with Gasteiger partial charge in [0.1, 0.15) is 5.69 Å². The van der Waals surface area contributed by atoms with Crippen molar-refractivity contribution in [1.29, 1.82) is 0 Å². The minimum absolute atomic E-state index is 0.0406. The second-order valence-corrected chi connectivity index (χ2v) is 2.81. The van der Waals surface area contributed by atoms with Crippen molar-refractivity contribution in [2.75, 3.05) is 0 Å². The molecule has 0 aliphatic heterocycles. The summed E-state index contributed by atoms with van der Waals surface area (Å²) >= 11 is 0. The maximum absolute atomic E-state index is 8.60. The summed E-state index contributed by atoms with van der Waals surface area (Å²) in [5, 5.41) is 15.6. The number of pyridine rings is 1. The standard InChI is InChI=1S/C9H9N5O/c10-9(13-15)8-7(3-1-4-11-8)14-6-2-5-12-14/h1-6,15H,(H2,10,13). The fraction of sp³-hybridized carbons (Fsp3) is 0. The highest BCUT2D eigenvalue weighted by Crippen LogP contribution is 2.09. The van der Waals surface area contributed by atoms with Gasteiger partial charge in [-0.1, -0.05) is 5.16 Å². The smallest absolute Gasteiger partial charge is 0.190 e. The Balaban J connectivity index is 2.57. The zero-order chi connectivity index (χ0) is 10.7. The van der Waals surface area contributed by atoms with Gasteiger partial charge in [0.05, 0.1) is 5.69 Å². The normalized spacial score (nSPS) is 11.6. The molecule has 76 valence electrons. The molecule has 0 saturated heterocycles. The molecule has 0 radical (unpaired) electrons. The number of oxime groups is 1. The highest BCUT2D eigenvalue weighted by atomic mass is 16.4. The summed E-state index contributed by atoms with van der Waals surface area (Å²) in [7, 11) is 0. The van der Waals surface area contributed by atoms with Crippen molar-refractivity contribution in [2.24, 2.45) is 10.9 Å². The van der Waals surface area contributed by atoms with E-state index in [2.05, 4.69) is 15.2 Å². The minimum atomic E-state index is -0.0406. The van der Waals surface area contributed by atoms with E-state index in [1.54, 1.807) is 41.5 Å². The molecule has 0 amide bonds. The Morgan fingerprint density at radius 1 is 1.40 bits per heavy atom. The van der Waals surface area contributed by atoms with Crippen molar-refractivity contribution in [3.05, 3.63) is 42.5 Å². The fourth-order valence-corrected chi connectivity index (χ4v) is 1.24. The summed E-state index contributed by atoms with van der Waals surface area (Å²) in [6.45, 7) is 0. The second-order valence-electron chi connectivity index (χ2n) is 2.81. The van der Waals surface area contributed by atoms with E-state index in [0.29, 0.717) is 11.4 Å². The van der Waals surface area contributed by atoms with E-state index in [9.17, 15) is 0 Å². The van der Waals surface area contributed by atoms with Crippen molar-refractivity contribution in [3.63, 3.8) is 0 Å². The summed E-state index contributed by atoms with van der Waals surface area (Å²) in [6, 6.07) is 5.32. The zero-order valence-corrected chi connectivity index (χ0v) is 7.78. The molecule has 2 rings (SSSR count). The highest BCUT2D eigenvalue weighted by molar-refractivity contribution is 5.98. The van der Waals surface area contributed by atoms with Gasteiger partial charge in [-0.25, -0.2) is 4.68 Å². The lowest BCUT2D eigenvalue weighted by Gasteiger charge is -2.05. The Bertz CT molecular complexity index is 477. The van der Waals surface area contributed by atoms with Crippen molar-refractivity contribution >= 4 is 5.84 Å². The molecular formula is C9H9N5O. The van der Waals surface area contributed by atoms with Crippen LogP contribution in [0.4, 0.5) is 0 Å². The van der Waals surface area contributed by atoms with Crippen LogP contribution in [0.5, 0.6) is 0 Å². The van der Waals surface area contributed by atoms with Gasteiger partial charge in [-0.15, -0.1) is 0 Å². The lowest BCUT2D eigenvalue weighted by Crippen LogP contribution is -2.18. The number of rotatable bonds is 2. The Hall–Kier alpha value is -2.37. The van der Waals surface area contributed by atoms with Crippen LogP contribution in [-0.4, -0.2) is 25.8 Å². The molecule has 0 aromatic carbocycles. The van der Waals surface area contributed by atoms with E-state index in [1.807, 2.05) is 0 Å². The monoisotopic (exact) mass is 203 g/mol. The van der Waals surface area contributed by atoms with Gasteiger partial charge in [0.2, 0.25) is 0 Å². The molecule has 6 nitrogen and oxygen atoms in total.